The van der Waals surface area contributed by atoms with E-state index >= 15 is 0 Å². The molecule has 1 aromatic rings. The van der Waals surface area contributed by atoms with E-state index in [2.05, 4.69) is 42.0 Å². The molecule has 0 radical (unpaired) electrons. The fourth-order valence-electron chi connectivity index (χ4n) is 4.50. The summed E-state index contributed by atoms with van der Waals surface area (Å²) in [7, 11) is 1.84. The van der Waals surface area contributed by atoms with Gasteiger partial charge >= 0.3 is 0 Å². The van der Waals surface area contributed by atoms with Crippen molar-refractivity contribution in [3.63, 3.8) is 0 Å². The van der Waals surface area contributed by atoms with E-state index in [0.717, 1.165) is 54.0 Å². The van der Waals surface area contributed by atoms with Gasteiger partial charge < -0.3 is 15.5 Å². The van der Waals surface area contributed by atoms with Crippen LogP contribution in [0.5, 0.6) is 0 Å². The van der Waals surface area contributed by atoms with Crippen LogP contribution in [0.2, 0.25) is 0 Å². The van der Waals surface area contributed by atoms with Gasteiger partial charge in [-0.05, 0) is 75.5 Å². The molecule has 3 rings (SSSR count). The predicted octanol–water partition coefficient (Wildman–Crippen LogP) is 4.73. The fraction of sp³-hybridized carbons (Fsp3) is 0.435. The van der Waals surface area contributed by atoms with E-state index in [1.165, 1.54) is 0 Å². The molecule has 1 saturated heterocycles. The smallest absolute Gasteiger partial charge is 0.236 e. The van der Waals surface area contributed by atoms with Gasteiger partial charge in [0.25, 0.3) is 0 Å². The lowest BCUT2D eigenvalue weighted by Gasteiger charge is -2.41. The Morgan fingerprint density at radius 2 is 1.96 bits per heavy atom. The zero-order valence-electron chi connectivity index (χ0n) is 17.3. The molecule has 0 spiro atoms. The van der Waals surface area contributed by atoms with Gasteiger partial charge in [0.15, 0.2) is 0 Å². The number of hydrogen-bond donors (Lipinski definition) is 2. The topological polar surface area (TPSA) is 44.4 Å². The lowest BCUT2D eigenvalue weighted by atomic mass is 9.78. The van der Waals surface area contributed by atoms with Crippen LogP contribution in [0, 0.1) is 0 Å². The van der Waals surface area contributed by atoms with Crippen molar-refractivity contribution in [3.8, 4) is 0 Å². The van der Waals surface area contributed by atoms with E-state index in [1.54, 1.807) is 4.90 Å². The summed E-state index contributed by atoms with van der Waals surface area (Å²) in [5, 5.41) is 7.74. The minimum Gasteiger partial charge on any atom is -0.375 e. The lowest BCUT2D eigenvalue weighted by Crippen LogP contribution is -2.49. The number of hydrogen-bond acceptors (Lipinski definition) is 3. The third-order valence-electron chi connectivity index (χ3n) is 6.24. The normalized spacial score (nSPS) is 21.0. The van der Waals surface area contributed by atoms with Crippen LogP contribution in [0.4, 0.5) is 11.4 Å². The largest absolute Gasteiger partial charge is 0.375 e. The van der Waals surface area contributed by atoms with Crippen molar-refractivity contribution in [2.24, 2.45) is 0 Å². The van der Waals surface area contributed by atoms with Gasteiger partial charge in [-0.25, -0.2) is 0 Å². The van der Waals surface area contributed by atoms with Crippen LogP contribution in [0.3, 0.4) is 0 Å². The highest BCUT2D eigenvalue weighted by Gasteiger charge is 2.42. The Hall–Kier alpha value is -2.04. The van der Waals surface area contributed by atoms with Crippen LogP contribution >= 0.6 is 11.6 Å². The van der Waals surface area contributed by atoms with Crippen LogP contribution in [-0.2, 0) is 10.2 Å². The molecule has 1 amide bonds. The summed E-state index contributed by atoms with van der Waals surface area (Å²) in [4.78, 5) is 14.4. The zero-order chi connectivity index (χ0) is 20.7. The van der Waals surface area contributed by atoms with Crippen molar-refractivity contribution >= 4 is 28.9 Å². The third-order valence-corrected chi connectivity index (χ3v) is 6.53. The van der Waals surface area contributed by atoms with E-state index in [9.17, 15) is 4.79 Å². The summed E-state index contributed by atoms with van der Waals surface area (Å²) in [6.07, 6.45) is 3.72. The Kier molecular flexibility index (Phi) is 5.48. The van der Waals surface area contributed by atoms with Gasteiger partial charge in [-0.3, -0.25) is 4.79 Å². The van der Waals surface area contributed by atoms with Crippen LogP contribution < -0.4 is 15.5 Å². The number of halogens is 1. The number of carbonyl (C=O) groups excluding carboxylic acids is 1. The first-order valence-electron chi connectivity index (χ1n) is 9.74. The van der Waals surface area contributed by atoms with Gasteiger partial charge in [0, 0.05) is 23.5 Å². The summed E-state index contributed by atoms with van der Waals surface area (Å²) < 4.78 is 0. The van der Waals surface area contributed by atoms with Gasteiger partial charge in [-0.15, -0.1) is 0 Å². The standard InChI is InChI=1S/C23H30ClN3O/c1-7-18(15(2)16(3)24)23(10-12-25-13-11-23)26-17-8-9-19-20(14-17)27(6)21(28)22(19,4)5/h7-9,14,25-26H,1,3,10-13H2,2,4-6H3/b18-15+. The molecule has 150 valence electrons. The first-order chi connectivity index (χ1) is 13.1. The summed E-state index contributed by atoms with van der Waals surface area (Å²) in [6.45, 7) is 15.7. The number of anilines is 2. The van der Waals surface area contributed by atoms with Gasteiger partial charge in [-0.1, -0.05) is 36.9 Å². The summed E-state index contributed by atoms with van der Waals surface area (Å²) >= 11 is 6.24. The molecular weight excluding hydrogens is 370 g/mol. The summed E-state index contributed by atoms with van der Waals surface area (Å²) in [5.41, 5.74) is 4.29. The molecule has 0 atom stereocenters. The number of allylic oxidation sites excluding steroid dienone is 2. The molecule has 1 fully saturated rings. The number of carbonyl (C=O) groups is 1. The van der Waals surface area contributed by atoms with Crippen LogP contribution in [0.15, 0.2) is 53.6 Å². The average Bonchev–Trinajstić information content (AvgIpc) is 2.83. The Bertz CT molecular complexity index is 863. The molecule has 0 unspecified atom stereocenters. The number of nitrogens with one attached hydrogen (secondary N) is 2. The van der Waals surface area contributed by atoms with Crippen molar-refractivity contribution in [2.75, 3.05) is 30.4 Å². The maximum Gasteiger partial charge on any atom is 0.236 e. The lowest BCUT2D eigenvalue weighted by molar-refractivity contribution is -0.121. The molecule has 5 heteroatoms. The fourth-order valence-corrected chi connectivity index (χ4v) is 4.61. The highest BCUT2D eigenvalue weighted by atomic mass is 35.5. The minimum atomic E-state index is -0.492. The minimum absolute atomic E-state index is 0.122. The second-order valence-corrected chi connectivity index (χ2v) is 8.78. The number of rotatable bonds is 5. The van der Waals surface area contributed by atoms with Crippen molar-refractivity contribution in [2.45, 2.75) is 44.6 Å². The number of likely N-dealkylation sites (N-methyl/N-ethyl adjacent to an activating group) is 1. The van der Waals surface area contributed by atoms with Crippen molar-refractivity contribution in [3.05, 3.63) is 59.2 Å². The number of piperidine rings is 1. The third kappa shape index (κ3) is 3.29. The SMILES string of the molecule is C=C/C(=C(/C)C(=C)Cl)C1(Nc2ccc3c(c2)N(C)C(=O)C3(C)C)CCNCC1. The molecule has 2 aliphatic rings. The number of fused-ring (bicyclic) bond motifs is 1. The molecular formula is C23H30ClN3O. The second kappa shape index (κ2) is 7.41. The molecule has 2 N–H and O–H groups in total. The molecule has 28 heavy (non-hydrogen) atoms. The predicted molar refractivity (Wildman–Crippen MR) is 119 cm³/mol. The molecule has 0 saturated carbocycles. The van der Waals surface area contributed by atoms with Crippen LogP contribution in [-0.4, -0.2) is 31.6 Å². The Labute approximate surface area is 173 Å². The van der Waals surface area contributed by atoms with Crippen LogP contribution in [0.1, 0.15) is 39.2 Å². The maximum atomic E-state index is 12.6. The monoisotopic (exact) mass is 399 g/mol. The van der Waals surface area contributed by atoms with Crippen molar-refractivity contribution < 1.29 is 4.79 Å². The number of benzene rings is 1. The molecule has 2 heterocycles. The quantitative estimate of drug-likeness (QED) is 0.703. The van der Waals surface area contributed by atoms with Crippen LogP contribution in [0.25, 0.3) is 0 Å². The Balaban J connectivity index is 2.05. The maximum absolute atomic E-state index is 12.6. The van der Waals surface area contributed by atoms with E-state index in [0.29, 0.717) is 5.03 Å². The highest BCUT2D eigenvalue weighted by molar-refractivity contribution is 6.31. The van der Waals surface area contributed by atoms with E-state index in [1.807, 2.05) is 33.9 Å². The average molecular weight is 400 g/mol. The van der Waals surface area contributed by atoms with Gasteiger partial charge in [0.1, 0.15) is 0 Å². The second-order valence-electron chi connectivity index (χ2n) is 8.33. The van der Waals surface area contributed by atoms with E-state index < -0.39 is 5.41 Å². The first-order valence-corrected chi connectivity index (χ1v) is 10.1. The number of nitrogens with zero attached hydrogens (tertiary/aromatic N) is 1. The van der Waals surface area contributed by atoms with Crippen molar-refractivity contribution in [1.29, 1.82) is 0 Å². The highest BCUT2D eigenvalue weighted by Crippen LogP contribution is 2.43. The first kappa shape index (κ1) is 20.7. The molecule has 4 nitrogen and oxygen atoms in total. The number of amides is 1. The van der Waals surface area contributed by atoms with Gasteiger partial charge in [0.05, 0.1) is 11.0 Å². The molecule has 1 aromatic carbocycles. The zero-order valence-corrected chi connectivity index (χ0v) is 18.0. The van der Waals surface area contributed by atoms with E-state index in [-0.39, 0.29) is 11.4 Å². The van der Waals surface area contributed by atoms with Crippen molar-refractivity contribution in [1.82, 2.24) is 5.32 Å². The Morgan fingerprint density at radius 1 is 1.32 bits per heavy atom. The molecule has 0 aliphatic carbocycles. The summed E-state index contributed by atoms with van der Waals surface area (Å²) in [5.74, 6) is 0.122. The molecule has 0 aromatic heterocycles. The van der Waals surface area contributed by atoms with Gasteiger partial charge in [-0.2, -0.15) is 0 Å². The molecule has 2 aliphatic heterocycles. The van der Waals surface area contributed by atoms with E-state index in [4.69, 9.17) is 11.6 Å². The molecule has 0 bridgehead atoms. The Morgan fingerprint density at radius 3 is 2.54 bits per heavy atom. The van der Waals surface area contributed by atoms with Gasteiger partial charge in [0.2, 0.25) is 5.91 Å². The summed E-state index contributed by atoms with van der Waals surface area (Å²) in [6, 6.07) is 6.22.